The lowest BCUT2D eigenvalue weighted by molar-refractivity contribution is 0.458. The van der Waals surface area contributed by atoms with Gasteiger partial charge in [0, 0.05) is 17.3 Å². The first kappa shape index (κ1) is 14.9. The van der Waals surface area contributed by atoms with Crippen LogP contribution in [-0.2, 0) is 0 Å². The highest BCUT2D eigenvalue weighted by Crippen LogP contribution is 2.40. The van der Waals surface area contributed by atoms with E-state index in [0.717, 1.165) is 13.0 Å². The van der Waals surface area contributed by atoms with Crippen molar-refractivity contribution in [3.63, 3.8) is 0 Å². The highest BCUT2D eigenvalue weighted by atomic mass is 32.2. The number of rotatable bonds is 6. The van der Waals surface area contributed by atoms with Crippen molar-refractivity contribution in [1.29, 1.82) is 0 Å². The van der Waals surface area contributed by atoms with E-state index >= 15 is 0 Å². The summed E-state index contributed by atoms with van der Waals surface area (Å²) in [6.45, 7) is 5.58. The molecule has 1 unspecified atom stereocenters. The van der Waals surface area contributed by atoms with Crippen molar-refractivity contribution in [2.45, 2.75) is 56.7 Å². The van der Waals surface area contributed by atoms with Gasteiger partial charge in [0.1, 0.15) is 0 Å². The maximum atomic E-state index is 3.82. The highest BCUT2D eigenvalue weighted by molar-refractivity contribution is 8.00. The second-order valence-electron chi connectivity index (χ2n) is 5.85. The zero-order valence-electron chi connectivity index (χ0n) is 12.5. The molecule has 1 aliphatic rings. The molecule has 1 fully saturated rings. The van der Waals surface area contributed by atoms with Gasteiger partial charge in [0.05, 0.1) is 0 Å². The van der Waals surface area contributed by atoms with Gasteiger partial charge in [-0.3, -0.25) is 0 Å². The molecule has 0 amide bonds. The molecule has 1 atom stereocenters. The molecule has 1 saturated carbocycles. The van der Waals surface area contributed by atoms with Crippen molar-refractivity contribution < 1.29 is 0 Å². The van der Waals surface area contributed by atoms with Gasteiger partial charge >= 0.3 is 0 Å². The molecule has 0 heterocycles. The summed E-state index contributed by atoms with van der Waals surface area (Å²) >= 11 is 2.07. The van der Waals surface area contributed by atoms with Gasteiger partial charge in [-0.25, -0.2) is 0 Å². The SMILES string of the molecule is CCC(NCC1(SC)CCCC1)c1ccc(C)cc1. The molecule has 0 spiro atoms. The fraction of sp³-hybridized carbons (Fsp3) is 0.647. The van der Waals surface area contributed by atoms with Crippen LogP contribution in [0.25, 0.3) is 0 Å². The van der Waals surface area contributed by atoms with E-state index in [9.17, 15) is 0 Å². The van der Waals surface area contributed by atoms with Crippen LogP contribution in [0.4, 0.5) is 0 Å². The topological polar surface area (TPSA) is 12.0 Å². The molecule has 0 aromatic heterocycles. The summed E-state index contributed by atoms with van der Waals surface area (Å²) in [4.78, 5) is 0. The molecule has 1 aromatic rings. The summed E-state index contributed by atoms with van der Waals surface area (Å²) in [6, 6.07) is 9.50. The fourth-order valence-corrected chi connectivity index (χ4v) is 4.00. The van der Waals surface area contributed by atoms with Gasteiger partial charge in [-0.15, -0.1) is 0 Å². The molecule has 1 aromatic carbocycles. The summed E-state index contributed by atoms with van der Waals surface area (Å²) in [6.07, 6.45) is 9.01. The van der Waals surface area contributed by atoms with E-state index in [4.69, 9.17) is 0 Å². The Morgan fingerprint density at radius 1 is 1.21 bits per heavy atom. The number of thioether (sulfide) groups is 1. The van der Waals surface area contributed by atoms with Crippen molar-refractivity contribution in [2.75, 3.05) is 12.8 Å². The number of hydrogen-bond acceptors (Lipinski definition) is 2. The smallest absolute Gasteiger partial charge is 0.0318 e. The Morgan fingerprint density at radius 3 is 2.37 bits per heavy atom. The number of benzene rings is 1. The Balaban J connectivity index is 1.97. The quantitative estimate of drug-likeness (QED) is 0.808. The average molecular weight is 277 g/mol. The Labute approximate surface area is 122 Å². The van der Waals surface area contributed by atoms with Crippen LogP contribution in [0, 0.1) is 6.92 Å². The second-order valence-corrected chi connectivity index (χ2v) is 7.12. The summed E-state index contributed by atoms with van der Waals surface area (Å²) in [5, 5.41) is 3.82. The second kappa shape index (κ2) is 6.81. The third-order valence-electron chi connectivity index (χ3n) is 4.51. The van der Waals surface area contributed by atoms with E-state index < -0.39 is 0 Å². The van der Waals surface area contributed by atoms with Gasteiger partial charge in [0.25, 0.3) is 0 Å². The maximum Gasteiger partial charge on any atom is 0.0318 e. The number of aryl methyl sites for hydroxylation is 1. The minimum absolute atomic E-state index is 0.498. The van der Waals surface area contributed by atoms with Gasteiger partial charge in [-0.2, -0.15) is 11.8 Å². The molecule has 2 rings (SSSR count). The lowest BCUT2D eigenvalue weighted by atomic mass is 10.0. The lowest BCUT2D eigenvalue weighted by Gasteiger charge is -2.30. The first-order valence-corrected chi connectivity index (χ1v) is 8.77. The van der Waals surface area contributed by atoms with Crippen molar-refractivity contribution in [3.8, 4) is 0 Å². The first-order chi connectivity index (χ1) is 9.19. The minimum atomic E-state index is 0.498. The van der Waals surface area contributed by atoms with E-state index in [1.54, 1.807) is 0 Å². The summed E-state index contributed by atoms with van der Waals surface area (Å²) in [5.74, 6) is 0. The van der Waals surface area contributed by atoms with Gasteiger partial charge < -0.3 is 5.32 Å². The van der Waals surface area contributed by atoms with Crippen LogP contribution in [0.2, 0.25) is 0 Å². The zero-order chi connectivity index (χ0) is 13.7. The van der Waals surface area contributed by atoms with Gasteiger partial charge in [-0.05, 0) is 38.0 Å². The molecular formula is C17H27NS. The van der Waals surface area contributed by atoms with Crippen LogP contribution in [0.5, 0.6) is 0 Å². The molecule has 0 saturated heterocycles. The van der Waals surface area contributed by atoms with Crippen molar-refractivity contribution in [3.05, 3.63) is 35.4 Å². The lowest BCUT2D eigenvalue weighted by Crippen LogP contribution is -2.37. The van der Waals surface area contributed by atoms with Gasteiger partial charge in [-0.1, -0.05) is 49.6 Å². The van der Waals surface area contributed by atoms with Crippen molar-refractivity contribution in [2.24, 2.45) is 0 Å². The van der Waals surface area contributed by atoms with Crippen LogP contribution in [0.3, 0.4) is 0 Å². The standard InChI is InChI=1S/C17H27NS/c1-4-16(15-9-7-14(2)8-10-15)18-13-17(19-3)11-5-6-12-17/h7-10,16,18H,4-6,11-13H2,1-3H3. The average Bonchev–Trinajstić information content (AvgIpc) is 2.91. The first-order valence-electron chi connectivity index (χ1n) is 7.54. The molecule has 106 valence electrons. The molecule has 1 aliphatic carbocycles. The predicted octanol–water partition coefficient (Wildman–Crippen LogP) is 4.71. The summed E-state index contributed by atoms with van der Waals surface area (Å²) < 4.78 is 0.498. The van der Waals surface area contributed by atoms with Crippen molar-refractivity contribution in [1.82, 2.24) is 5.32 Å². The van der Waals surface area contributed by atoms with E-state index in [1.807, 2.05) is 0 Å². The van der Waals surface area contributed by atoms with Crippen LogP contribution in [0.1, 0.15) is 56.2 Å². The molecule has 19 heavy (non-hydrogen) atoms. The van der Waals surface area contributed by atoms with E-state index in [0.29, 0.717) is 10.8 Å². The molecule has 1 N–H and O–H groups in total. The summed E-state index contributed by atoms with van der Waals surface area (Å²) in [5.41, 5.74) is 2.78. The Hall–Kier alpha value is -0.470. The molecule has 1 nitrogen and oxygen atoms in total. The Kier molecular flexibility index (Phi) is 5.35. The number of nitrogens with one attached hydrogen (secondary N) is 1. The normalized spacial score (nSPS) is 19.5. The highest BCUT2D eigenvalue weighted by Gasteiger charge is 2.33. The van der Waals surface area contributed by atoms with E-state index in [2.05, 4.69) is 61.4 Å². The molecule has 0 aliphatic heterocycles. The maximum absolute atomic E-state index is 3.82. The van der Waals surface area contributed by atoms with Crippen LogP contribution >= 0.6 is 11.8 Å². The molecule has 0 radical (unpaired) electrons. The molecule has 0 bridgehead atoms. The fourth-order valence-electron chi connectivity index (χ4n) is 3.08. The van der Waals surface area contributed by atoms with Gasteiger partial charge in [0.2, 0.25) is 0 Å². The van der Waals surface area contributed by atoms with E-state index in [1.165, 1.54) is 36.8 Å². The monoisotopic (exact) mass is 277 g/mol. The Bertz CT molecular complexity index is 379. The third kappa shape index (κ3) is 3.76. The third-order valence-corrected chi connectivity index (χ3v) is 5.93. The van der Waals surface area contributed by atoms with Crippen LogP contribution in [0.15, 0.2) is 24.3 Å². The zero-order valence-corrected chi connectivity index (χ0v) is 13.4. The van der Waals surface area contributed by atoms with Crippen LogP contribution in [-0.4, -0.2) is 17.5 Å². The number of hydrogen-bond donors (Lipinski definition) is 1. The molecule has 2 heteroatoms. The van der Waals surface area contributed by atoms with Crippen molar-refractivity contribution >= 4 is 11.8 Å². The van der Waals surface area contributed by atoms with Crippen LogP contribution < -0.4 is 5.32 Å². The largest absolute Gasteiger partial charge is 0.309 e. The molecular weight excluding hydrogens is 250 g/mol. The van der Waals surface area contributed by atoms with E-state index in [-0.39, 0.29) is 0 Å². The minimum Gasteiger partial charge on any atom is -0.309 e. The van der Waals surface area contributed by atoms with Gasteiger partial charge in [0.15, 0.2) is 0 Å². The summed E-state index contributed by atoms with van der Waals surface area (Å²) in [7, 11) is 0. The Morgan fingerprint density at radius 2 is 1.84 bits per heavy atom. The predicted molar refractivity (Wildman–Crippen MR) is 86.9 cm³/mol.